The van der Waals surface area contributed by atoms with Gasteiger partial charge in [0.2, 0.25) is 5.95 Å². The molecule has 1 amide bonds. The van der Waals surface area contributed by atoms with Crippen molar-refractivity contribution in [2.45, 2.75) is 46.1 Å². The molecule has 0 bridgehead atoms. The van der Waals surface area contributed by atoms with Gasteiger partial charge in [0, 0.05) is 12.8 Å². The van der Waals surface area contributed by atoms with Crippen LogP contribution in [0.25, 0.3) is 0 Å². The van der Waals surface area contributed by atoms with Crippen molar-refractivity contribution in [2.75, 3.05) is 36.6 Å². The molecule has 0 aromatic carbocycles. The highest BCUT2D eigenvalue weighted by molar-refractivity contribution is 7.79. The summed E-state index contributed by atoms with van der Waals surface area (Å²) in [6, 6.07) is 0. The van der Waals surface area contributed by atoms with Crippen LogP contribution >= 0.6 is 0 Å². The molecule has 26 heavy (non-hydrogen) atoms. The molecule has 0 aliphatic heterocycles. The normalized spacial score (nSPS) is 12.3. The van der Waals surface area contributed by atoms with Crippen LogP contribution < -0.4 is 15.4 Å². The number of carbonyl (C=O) groups is 1. The summed E-state index contributed by atoms with van der Waals surface area (Å²) >= 11 is -1.34. The lowest BCUT2D eigenvalue weighted by atomic mass is 10.2. The molecule has 1 heterocycles. The number of rotatable bonds is 10. The molecule has 0 saturated carbocycles. The molecule has 148 valence electrons. The molecule has 9 nitrogen and oxygen atoms in total. The van der Waals surface area contributed by atoms with Crippen LogP contribution in [0.3, 0.4) is 0 Å². The van der Waals surface area contributed by atoms with E-state index in [-0.39, 0.29) is 19.2 Å². The summed E-state index contributed by atoms with van der Waals surface area (Å²) in [5.41, 5.74) is -0.616. The van der Waals surface area contributed by atoms with Crippen molar-refractivity contribution in [1.29, 1.82) is 0 Å². The number of ether oxygens (including phenoxy) is 2. The Morgan fingerprint density at radius 3 is 2.65 bits per heavy atom. The van der Waals surface area contributed by atoms with Crippen molar-refractivity contribution in [1.82, 2.24) is 9.97 Å². The topological polar surface area (TPSA) is 112 Å². The van der Waals surface area contributed by atoms with Gasteiger partial charge in [-0.05, 0) is 27.2 Å². The molecular weight excluding hydrogens is 360 g/mol. The van der Waals surface area contributed by atoms with Crippen LogP contribution in [0.15, 0.2) is 6.20 Å². The van der Waals surface area contributed by atoms with Crippen molar-refractivity contribution >= 4 is 28.9 Å². The average molecular weight is 388 g/mol. The Hall–Kier alpha value is -1.94. The summed E-state index contributed by atoms with van der Waals surface area (Å²) in [6.45, 7) is 8.47. The third kappa shape index (κ3) is 9.52. The van der Waals surface area contributed by atoms with E-state index in [9.17, 15) is 9.00 Å². The van der Waals surface area contributed by atoms with Crippen molar-refractivity contribution in [3.63, 3.8) is 0 Å². The largest absolute Gasteiger partial charge is 0.486 e. The predicted octanol–water partition coefficient (Wildman–Crippen LogP) is 2.72. The maximum atomic E-state index is 11.8. The van der Waals surface area contributed by atoms with Crippen LogP contribution in [0, 0.1) is 0 Å². The molecule has 2 N–H and O–H groups in total. The molecular formula is C16H28N4O5S. The van der Waals surface area contributed by atoms with Crippen LogP contribution in [0.2, 0.25) is 0 Å². The van der Waals surface area contributed by atoms with Crippen LogP contribution in [0.1, 0.15) is 40.5 Å². The minimum atomic E-state index is -1.34. The van der Waals surface area contributed by atoms with Gasteiger partial charge in [-0.1, -0.05) is 13.3 Å². The Morgan fingerprint density at radius 1 is 1.31 bits per heavy atom. The first-order chi connectivity index (χ1) is 12.2. The third-order valence-corrected chi connectivity index (χ3v) is 3.28. The Morgan fingerprint density at radius 2 is 2.04 bits per heavy atom. The van der Waals surface area contributed by atoms with E-state index < -0.39 is 22.8 Å². The molecule has 1 rings (SSSR count). The molecule has 1 aromatic heterocycles. The van der Waals surface area contributed by atoms with E-state index in [0.717, 1.165) is 12.8 Å². The van der Waals surface area contributed by atoms with Gasteiger partial charge in [0.15, 0.2) is 22.6 Å². The zero-order valence-corrected chi connectivity index (χ0v) is 16.8. The van der Waals surface area contributed by atoms with Gasteiger partial charge in [0.25, 0.3) is 0 Å². The minimum Gasteiger partial charge on any atom is -0.486 e. The molecule has 0 aliphatic carbocycles. The minimum absolute atomic E-state index is 0.108. The van der Waals surface area contributed by atoms with Crippen LogP contribution in [-0.2, 0) is 20.0 Å². The van der Waals surface area contributed by atoms with Gasteiger partial charge in [-0.25, -0.2) is 14.0 Å². The molecule has 1 atom stereocenters. The van der Waals surface area contributed by atoms with Gasteiger partial charge in [-0.15, -0.1) is 0 Å². The fourth-order valence-corrected chi connectivity index (χ4v) is 2.05. The third-order valence-electron chi connectivity index (χ3n) is 2.78. The molecule has 0 radical (unpaired) electrons. The summed E-state index contributed by atoms with van der Waals surface area (Å²) < 4.78 is 26.6. The van der Waals surface area contributed by atoms with Gasteiger partial charge in [0.05, 0.1) is 12.8 Å². The van der Waals surface area contributed by atoms with E-state index in [0.29, 0.717) is 18.1 Å². The number of aromatic nitrogens is 2. The van der Waals surface area contributed by atoms with Crippen LogP contribution in [-0.4, -0.2) is 51.9 Å². The lowest BCUT2D eigenvalue weighted by molar-refractivity contribution is 0.0634. The fraction of sp³-hybridized carbons (Fsp3) is 0.688. The van der Waals surface area contributed by atoms with Crippen molar-refractivity contribution in [2.24, 2.45) is 0 Å². The lowest BCUT2D eigenvalue weighted by Gasteiger charge is -2.19. The molecule has 1 unspecified atom stereocenters. The van der Waals surface area contributed by atoms with E-state index in [1.807, 2.05) is 0 Å². The zero-order valence-electron chi connectivity index (χ0n) is 16.0. The maximum absolute atomic E-state index is 11.8. The summed E-state index contributed by atoms with van der Waals surface area (Å²) in [5.74, 6) is 0.981. The SMILES string of the molecule is CCCCNc1nc(NC(=O)OC(C)(C)C)ncc1OCCOS(C)=O. The Bertz CT molecular complexity index is 607. The summed E-state index contributed by atoms with van der Waals surface area (Å²) in [5, 5.41) is 5.65. The highest BCUT2D eigenvalue weighted by atomic mass is 32.2. The number of nitrogens with zero attached hydrogens (tertiary/aromatic N) is 2. The maximum Gasteiger partial charge on any atom is 0.414 e. The second-order valence-electron chi connectivity index (χ2n) is 6.39. The lowest BCUT2D eigenvalue weighted by Crippen LogP contribution is -2.28. The van der Waals surface area contributed by atoms with Crippen molar-refractivity contribution in [3.8, 4) is 5.75 Å². The number of anilines is 2. The number of hydrogen-bond acceptors (Lipinski definition) is 8. The zero-order chi connectivity index (χ0) is 19.6. The van der Waals surface area contributed by atoms with E-state index in [1.165, 1.54) is 12.5 Å². The number of nitrogens with one attached hydrogen (secondary N) is 2. The first-order valence-corrected chi connectivity index (χ1v) is 9.90. The van der Waals surface area contributed by atoms with E-state index in [4.69, 9.17) is 13.7 Å². The van der Waals surface area contributed by atoms with Gasteiger partial charge < -0.3 is 14.8 Å². The number of hydrogen-bond donors (Lipinski definition) is 2. The highest BCUT2D eigenvalue weighted by Crippen LogP contribution is 2.23. The van der Waals surface area contributed by atoms with Gasteiger partial charge >= 0.3 is 6.09 Å². The smallest absolute Gasteiger partial charge is 0.414 e. The van der Waals surface area contributed by atoms with Gasteiger partial charge in [0.1, 0.15) is 12.2 Å². The van der Waals surface area contributed by atoms with E-state index >= 15 is 0 Å². The van der Waals surface area contributed by atoms with Crippen molar-refractivity contribution < 1.29 is 22.7 Å². The number of amides is 1. The summed E-state index contributed by atoms with van der Waals surface area (Å²) in [6.07, 6.45) is 4.24. The number of unbranched alkanes of at least 4 members (excludes halogenated alkanes) is 1. The Labute approximate surface area is 156 Å². The quantitative estimate of drug-likeness (QED) is 0.589. The second-order valence-corrected chi connectivity index (χ2v) is 7.42. The Kier molecular flexibility index (Phi) is 9.28. The predicted molar refractivity (Wildman–Crippen MR) is 101 cm³/mol. The second kappa shape index (κ2) is 10.9. The van der Waals surface area contributed by atoms with Gasteiger partial charge in [-0.2, -0.15) is 4.98 Å². The molecule has 0 spiro atoms. The fourth-order valence-electron chi connectivity index (χ4n) is 1.74. The van der Waals surface area contributed by atoms with Crippen LogP contribution in [0.4, 0.5) is 16.6 Å². The summed E-state index contributed by atoms with van der Waals surface area (Å²) in [7, 11) is 0. The van der Waals surface area contributed by atoms with E-state index in [2.05, 4.69) is 27.5 Å². The molecule has 0 saturated heterocycles. The monoisotopic (exact) mass is 388 g/mol. The number of carbonyl (C=O) groups excluding carboxylic acids is 1. The molecule has 10 heteroatoms. The Balaban J connectivity index is 2.76. The van der Waals surface area contributed by atoms with Gasteiger partial charge in [-0.3, -0.25) is 9.50 Å². The first-order valence-electron chi connectivity index (χ1n) is 8.41. The van der Waals surface area contributed by atoms with Crippen molar-refractivity contribution in [3.05, 3.63) is 6.20 Å². The molecule has 0 fully saturated rings. The van der Waals surface area contributed by atoms with Crippen LogP contribution in [0.5, 0.6) is 5.75 Å². The summed E-state index contributed by atoms with van der Waals surface area (Å²) in [4.78, 5) is 20.2. The molecule has 0 aliphatic rings. The highest BCUT2D eigenvalue weighted by Gasteiger charge is 2.18. The van der Waals surface area contributed by atoms with E-state index in [1.54, 1.807) is 20.8 Å². The average Bonchev–Trinajstić information content (AvgIpc) is 2.51. The standard InChI is InChI=1S/C16H28N4O5S/c1-6-7-8-17-13-12(23-9-10-24-26(5)22)11-18-14(19-13)20-15(21)25-16(2,3)4/h11H,6-10H2,1-5H3,(H2,17,18,19,20,21). The first kappa shape index (κ1) is 22.1. The molecule has 1 aromatic rings.